The molecule has 0 unspecified atom stereocenters. The Morgan fingerprint density at radius 2 is 1.67 bits per heavy atom. The Balaban J connectivity index is 1.39. The number of ether oxygens (including phenoxy) is 2. The topological polar surface area (TPSA) is 97.8 Å². The third-order valence-electron chi connectivity index (χ3n) is 5.92. The SMILES string of the molecule is COc1ccc(S(=O)(=O)Nc2cncc(-c3ccc(-c4ccc5c(c4)CN(C)C5=O)s3)c2)cc1OC. The predicted molar refractivity (Wildman–Crippen MR) is 139 cm³/mol. The van der Waals surface area contributed by atoms with Crippen molar-refractivity contribution >= 4 is 33.0 Å². The van der Waals surface area contributed by atoms with E-state index in [0.29, 0.717) is 23.7 Å². The van der Waals surface area contributed by atoms with Crippen LogP contribution >= 0.6 is 11.3 Å². The van der Waals surface area contributed by atoms with Crippen molar-refractivity contribution in [3.8, 4) is 32.4 Å². The third kappa shape index (κ3) is 4.40. The molecule has 1 aliphatic heterocycles. The summed E-state index contributed by atoms with van der Waals surface area (Å²) in [5.74, 6) is 0.804. The average molecular weight is 522 g/mol. The lowest BCUT2D eigenvalue weighted by Gasteiger charge is -2.12. The van der Waals surface area contributed by atoms with E-state index in [1.807, 2.05) is 24.3 Å². The van der Waals surface area contributed by atoms with Crippen LogP contribution in [0, 0.1) is 0 Å². The van der Waals surface area contributed by atoms with Gasteiger partial charge >= 0.3 is 0 Å². The molecule has 0 bridgehead atoms. The number of methoxy groups -OCH3 is 2. The zero-order valence-electron chi connectivity index (χ0n) is 19.8. The second-order valence-corrected chi connectivity index (χ2v) is 11.0. The van der Waals surface area contributed by atoms with E-state index in [-0.39, 0.29) is 10.8 Å². The molecule has 0 spiro atoms. The van der Waals surface area contributed by atoms with E-state index in [0.717, 1.165) is 32.0 Å². The molecule has 0 radical (unpaired) electrons. The Bertz CT molecular complexity index is 1580. The molecule has 8 nitrogen and oxygen atoms in total. The summed E-state index contributed by atoms with van der Waals surface area (Å²) in [6.07, 6.45) is 3.16. The molecule has 0 fully saturated rings. The standard InChI is InChI=1S/C26H23N3O5S2/c1-29-15-18-10-16(4-6-21(18)26(29)30)24-8-9-25(35-24)17-11-19(14-27-13-17)28-36(31,32)20-5-7-22(33-2)23(12-20)34-3/h4-14,28H,15H2,1-3H3. The second kappa shape index (κ2) is 9.29. The van der Waals surface area contributed by atoms with Gasteiger partial charge < -0.3 is 14.4 Å². The number of hydrogen-bond acceptors (Lipinski definition) is 7. The molecule has 3 heterocycles. The number of pyridine rings is 1. The number of thiophene rings is 1. The van der Waals surface area contributed by atoms with Crippen LogP contribution in [0.1, 0.15) is 15.9 Å². The first-order chi connectivity index (χ1) is 17.3. The Morgan fingerprint density at radius 1 is 0.917 bits per heavy atom. The summed E-state index contributed by atoms with van der Waals surface area (Å²) >= 11 is 1.57. The number of carbonyl (C=O) groups is 1. The van der Waals surface area contributed by atoms with Crippen LogP contribution in [0.3, 0.4) is 0 Å². The quantitative estimate of drug-likeness (QED) is 0.372. The summed E-state index contributed by atoms with van der Waals surface area (Å²) < 4.78 is 39.0. The van der Waals surface area contributed by atoms with Gasteiger partial charge in [0, 0.05) is 46.7 Å². The minimum atomic E-state index is -3.88. The molecule has 0 atom stereocenters. The van der Waals surface area contributed by atoms with E-state index in [4.69, 9.17) is 9.47 Å². The van der Waals surface area contributed by atoms with Crippen molar-refractivity contribution in [1.29, 1.82) is 0 Å². The highest BCUT2D eigenvalue weighted by molar-refractivity contribution is 7.92. The summed E-state index contributed by atoms with van der Waals surface area (Å²) in [6.45, 7) is 0.604. The first kappa shape index (κ1) is 23.8. The molecule has 0 saturated heterocycles. The van der Waals surface area contributed by atoms with Crippen molar-refractivity contribution in [2.75, 3.05) is 26.0 Å². The third-order valence-corrected chi connectivity index (χ3v) is 8.48. The normalized spacial score (nSPS) is 13.0. The van der Waals surface area contributed by atoms with Crippen LogP contribution in [0.2, 0.25) is 0 Å². The van der Waals surface area contributed by atoms with Crippen LogP contribution in [0.15, 0.2) is 71.9 Å². The summed E-state index contributed by atoms with van der Waals surface area (Å²) in [5, 5.41) is 0. The van der Waals surface area contributed by atoms with Crippen molar-refractivity contribution in [3.05, 3.63) is 78.1 Å². The van der Waals surface area contributed by atoms with Gasteiger partial charge in [0.05, 0.1) is 31.0 Å². The number of amides is 1. The fraction of sp³-hybridized carbons (Fsp3) is 0.154. The van der Waals surface area contributed by atoms with Gasteiger partial charge in [0.15, 0.2) is 11.5 Å². The number of rotatable bonds is 7. The molecule has 0 saturated carbocycles. The Hall–Kier alpha value is -3.89. The fourth-order valence-electron chi connectivity index (χ4n) is 4.10. The molecule has 1 amide bonds. The summed E-state index contributed by atoms with van der Waals surface area (Å²) in [5.41, 5.74) is 3.93. The first-order valence-corrected chi connectivity index (χ1v) is 13.3. The molecule has 2 aromatic heterocycles. The van der Waals surface area contributed by atoms with Crippen molar-refractivity contribution in [2.45, 2.75) is 11.4 Å². The molecule has 2 aromatic carbocycles. The average Bonchev–Trinajstić information content (AvgIpc) is 3.48. The Morgan fingerprint density at radius 3 is 2.42 bits per heavy atom. The maximum Gasteiger partial charge on any atom is 0.262 e. The van der Waals surface area contributed by atoms with Gasteiger partial charge in [0.1, 0.15) is 0 Å². The van der Waals surface area contributed by atoms with Crippen LogP contribution in [-0.4, -0.2) is 45.5 Å². The summed E-state index contributed by atoms with van der Waals surface area (Å²) in [4.78, 5) is 20.2. The van der Waals surface area contributed by atoms with Crippen LogP contribution < -0.4 is 14.2 Å². The van der Waals surface area contributed by atoms with Crippen molar-refractivity contribution < 1.29 is 22.7 Å². The van der Waals surface area contributed by atoms with E-state index in [2.05, 4.69) is 15.8 Å². The highest BCUT2D eigenvalue weighted by Gasteiger charge is 2.24. The van der Waals surface area contributed by atoms with Crippen molar-refractivity contribution in [2.24, 2.45) is 0 Å². The molecule has 1 N–H and O–H groups in total. The van der Waals surface area contributed by atoms with Gasteiger partial charge in [-0.1, -0.05) is 6.07 Å². The van der Waals surface area contributed by atoms with Crippen molar-refractivity contribution in [3.63, 3.8) is 0 Å². The molecule has 0 aliphatic carbocycles. The lowest BCUT2D eigenvalue weighted by molar-refractivity contribution is 0.0816. The Kier molecular flexibility index (Phi) is 6.15. The van der Waals surface area contributed by atoms with Crippen LogP contribution in [0.5, 0.6) is 11.5 Å². The van der Waals surface area contributed by atoms with Crippen LogP contribution in [-0.2, 0) is 16.6 Å². The number of nitrogens with one attached hydrogen (secondary N) is 1. The van der Waals surface area contributed by atoms with Gasteiger partial charge in [-0.2, -0.15) is 0 Å². The zero-order valence-corrected chi connectivity index (χ0v) is 21.4. The number of benzene rings is 2. The molecule has 36 heavy (non-hydrogen) atoms. The lowest BCUT2D eigenvalue weighted by Crippen LogP contribution is -2.17. The largest absolute Gasteiger partial charge is 0.493 e. The number of fused-ring (bicyclic) bond motifs is 1. The van der Waals surface area contributed by atoms with E-state index >= 15 is 0 Å². The Labute approximate surface area is 213 Å². The minimum absolute atomic E-state index is 0.0434. The van der Waals surface area contributed by atoms with Gasteiger partial charge in [-0.25, -0.2) is 8.42 Å². The van der Waals surface area contributed by atoms with Gasteiger partial charge in [0.2, 0.25) is 0 Å². The van der Waals surface area contributed by atoms with Gasteiger partial charge in [-0.15, -0.1) is 11.3 Å². The molecular weight excluding hydrogens is 498 g/mol. The van der Waals surface area contributed by atoms with Gasteiger partial charge in [0.25, 0.3) is 15.9 Å². The number of hydrogen-bond donors (Lipinski definition) is 1. The predicted octanol–water partition coefficient (Wildman–Crippen LogP) is 4.88. The molecular formula is C26H23N3O5S2. The maximum absolute atomic E-state index is 13.0. The van der Waals surface area contributed by atoms with E-state index in [1.54, 1.807) is 41.6 Å². The van der Waals surface area contributed by atoms with E-state index < -0.39 is 10.0 Å². The fourth-order valence-corrected chi connectivity index (χ4v) is 6.13. The number of sulfonamides is 1. The lowest BCUT2D eigenvalue weighted by atomic mass is 10.1. The molecule has 184 valence electrons. The maximum atomic E-state index is 13.0. The molecule has 10 heteroatoms. The van der Waals surface area contributed by atoms with E-state index in [1.165, 1.54) is 32.5 Å². The highest BCUT2D eigenvalue weighted by atomic mass is 32.2. The molecule has 5 rings (SSSR count). The first-order valence-electron chi connectivity index (χ1n) is 11.0. The smallest absolute Gasteiger partial charge is 0.262 e. The molecule has 1 aliphatic rings. The monoisotopic (exact) mass is 521 g/mol. The number of nitrogens with zero attached hydrogens (tertiary/aromatic N) is 2. The van der Waals surface area contributed by atoms with Crippen molar-refractivity contribution in [1.82, 2.24) is 9.88 Å². The number of aromatic nitrogens is 1. The molecule has 4 aromatic rings. The summed E-state index contributed by atoms with van der Waals surface area (Å²) in [6, 6.07) is 16.0. The van der Waals surface area contributed by atoms with E-state index in [9.17, 15) is 13.2 Å². The number of carbonyl (C=O) groups excluding carboxylic acids is 1. The number of anilines is 1. The van der Waals surface area contributed by atoms with Crippen LogP contribution in [0.25, 0.3) is 20.9 Å². The van der Waals surface area contributed by atoms with Crippen LogP contribution in [0.4, 0.5) is 5.69 Å². The minimum Gasteiger partial charge on any atom is -0.493 e. The summed E-state index contributed by atoms with van der Waals surface area (Å²) in [7, 11) is 0.857. The van der Waals surface area contributed by atoms with Gasteiger partial charge in [-0.3, -0.25) is 14.5 Å². The van der Waals surface area contributed by atoms with Gasteiger partial charge in [-0.05, 0) is 53.6 Å². The highest BCUT2D eigenvalue weighted by Crippen LogP contribution is 2.37. The zero-order chi connectivity index (χ0) is 25.4. The second-order valence-electron chi connectivity index (χ2n) is 8.28.